The first kappa shape index (κ1) is 13.0. The van der Waals surface area contributed by atoms with Crippen LogP contribution in [0, 0.1) is 0 Å². The monoisotopic (exact) mass is 292 g/mol. The van der Waals surface area contributed by atoms with Crippen molar-refractivity contribution in [2.75, 3.05) is 22.7 Å². The summed E-state index contributed by atoms with van der Waals surface area (Å²) in [5.41, 5.74) is 1.68. The predicted molar refractivity (Wildman–Crippen MR) is 77.3 cm³/mol. The lowest BCUT2D eigenvalue weighted by Gasteiger charge is -2.17. The number of benzene rings is 1. The van der Waals surface area contributed by atoms with E-state index < -0.39 is 10.0 Å². The number of aromatic amines is 1. The first-order valence-corrected chi connectivity index (χ1v) is 8.01. The molecule has 1 aliphatic heterocycles. The Hall–Kier alpha value is -2.02. The van der Waals surface area contributed by atoms with Gasteiger partial charge in [0.15, 0.2) is 5.03 Å². The van der Waals surface area contributed by atoms with E-state index in [9.17, 15) is 8.42 Å². The second-order valence-corrected chi connectivity index (χ2v) is 6.42. The van der Waals surface area contributed by atoms with Gasteiger partial charge in [-0.2, -0.15) is 13.5 Å². The molecule has 1 fully saturated rings. The van der Waals surface area contributed by atoms with E-state index in [1.807, 2.05) is 12.1 Å². The molecule has 1 aromatic heterocycles. The van der Waals surface area contributed by atoms with Gasteiger partial charge in [0.05, 0.1) is 6.20 Å². The Kier molecular flexibility index (Phi) is 3.35. The molecule has 0 unspecified atom stereocenters. The van der Waals surface area contributed by atoms with Gasteiger partial charge in [0.2, 0.25) is 0 Å². The fourth-order valence-corrected chi connectivity index (χ4v) is 3.29. The van der Waals surface area contributed by atoms with Crippen LogP contribution in [0.1, 0.15) is 12.8 Å². The maximum absolute atomic E-state index is 12.0. The SMILES string of the molecule is O=S(=O)(Nc1ccc(N2CCCC2)cc1)c1ccn[nH]1. The average Bonchev–Trinajstić information content (AvgIpc) is 3.13. The third-order valence-corrected chi connectivity index (χ3v) is 4.67. The zero-order chi connectivity index (χ0) is 14.0. The zero-order valence-corrected chi connectivity index (χ0v) is 11.7. The Bertz CT molecular complexity index is 659. The molecule has 1 aromatic carbocycles. The van der Waals surface area contributed by atoms with Crippen LogP contribution in [-0.4, -0.2) is 31.7 Å². The van der Waals surface area contributed by atoms with Crippen molar-refractivity contribution in [3.8, 4) is 0 Å². The number of H-pyrrole nitrogens is 1. The molecule has 1 saturated heterocycles. The van der Waals surface area contributed by atoms with Gasteiger partial charge in [-0.05, 0) is 43.2 Å². The van der Waals surface area contributed by atoms with Gasteiger partial charge >= 0.3 is 0 Å². The summed E-state index contributed by atoms with van der Waals surface area (Å²) in [5.74, 6) is 0. The number of rotatable bonds is 4. The molecule has 0 atom stereocenters. The van der Waals surface area contributed by atoms with Crippen molar-refractivity contribution >= 4 is 21.4 Å². The molecule has 3 rings (SSSR count). The fraction of sp³-hybridized carbons (Fsp3) is 0.308. The molecule has 2 N–H and O–H groups in total. The molecule has 106 valence electrons. The van der Waals surface area contributed by atoms with Crippen molar-refractivity contribution in [2.24, 2.45) is 0 Å². The van der Waals surface area contributed by atoms with E-state index in [4.69, 9.17) is 0 Å². The van der Waals surface area contributed by atoms with E-state index >= 15 is 0 Å². The lowest BCUT2D eigenvalue weighted by atomic mass is 10.2. The van der Waals surface area contributed by atoms with Crippen molar-refractivity contribution in [2.45, 2.75) is 17.9 Å². The van der Waals surface area contributed by atoms with Crippen molar-refractivity contribution in [1.29, 1.82) is 0 Å². The summed E-state index contributed by atoms with van der Waals surface area (Å²) in [4.78, 5) is 2.30. The third kappa shape index (κ3) is 2.62. The number of sulfonamides is 1. The van der Waals surface area contributed by atoms with Gasteiger partial charge in [0.1, 0.15) is 0 Å². The van der Waals surface area contributed by atoms with Crippen molar-refractivity contribution in [3.05, 3.63) is 36.5 Å². The largest absolute Gasteiger partial charge is 0.372 e. The van der Waals surface area contributed by atoms with E-state index in [1.165, 1.54) is 25.1 Å². The van der Waals surface area contributed by atoms with E-state index in [1.54, 1.807) is 12.1 Å². The van der Waals surface area contributed by atoms with Crippen LogP contribution < -0.4 is 9.62 Å². The summed E-state index contributed by atoms with van der Waals surface area (Å²) in [6.45, 7) is 2.14. The Morgan fingerprint density at radius 3 is 2.40 bits per heavy atom. The lowest BCUT2D eigenvalue weighted by molar-refractivity contribution is 0.597. The minimum Gasteiger partial charge on any atom is -0.372 e. The molecule has 1 aliphatic rings. The van der Waals surface area contributed by atoms with Gasteiger partial charge in [0.25, 0.3) is 10.0 Å². The van der Waals surface area contributed by atoms with Crippen molar-refractivity contribution in [3.63, 3.8) is 0 Å². The maximum atomic E-state index is 12.0. The van der Waals surface area contributed by atoms with Crippen LogP contribution in [0.5, 0.6) is 0 Å². The molecule has 0 saturated carbocycles. The van der Waals surface area contributed by atoms with Gasteiger partial charge < -0.3 is 4.90 Å². The fourth-order valence-electron chi connectivity index (χ4n) is 2.32. The standard InChI is InChI=1S/C13H16N4O2S/c18-20(19,13-7-8-14-15-13)16-11-3-5-12(6-4-11)17-9-1-2-10-17/h3-8,16H,1-2,9-10H2,(H,14,15). The Labute approximate surface area is 117 Å². The van der Waals surface area contributed by atoms with Gasteiger partial charge in [-0.25, -0.2) is 0 Å². The van der Waals surface area contributed by atoms with Crippen LogP contribution >= 0.6 is 0 Å². The maximum Gasteiger partial charge on any atom is 0.278 e. The highest BCUT2D eigenvalue weighted by Gasteiger charge is 2.16. The minimum absolute atomic E-state index is 0.0566. The molecule has 20 heavy (non-hydrogen) atoms. The van der Waals surface area contributed by atoms with Gasteiger partial charge in [-0.3, -0.25) is 9.82 Å². The van der Waals surface area contributed by atoms with Crippen LogP contribution in [-0.2, 0) is 10.0 Å². The Morgan fingerprint density at radius 2 is 1.80 bits per heavy atom. The first-order valence-electron chi connectivity index (χ1n) is 6.52. The molecule has 2 heterocycles. The average molecular weight is 292 g/mol. The van der Waals surface area contributed by atoms with E-state index in [0.717, 1.165) is 18.8 Å². The van der Waals surface area contributed by atoms with Gasteiger partial charge in [-0.1, -0.05) is 0 Å². The molecular weight excluding hydrogens is 276 g/mol. The van der Waals surface area contributed by atoms with E-state index in [0.29, 0.717) is 5.69 Å². The zero-order valence-electron chi connectivity index (χ0n) is 10.9. The normalized spacial score (nSPS) is 15.5. The molecule has 0 bridgehead atoms. The number of anilines is 2. The second kappa shape index (κ2) is 5.16. The van der Waals surface area contributed by atoms with Crippen LogP contribution in [0.2, 0.25) is 0 Å². The topological polar surface area (TPSA) is 78.1 Å². The smallest absolute Gasteiger partial charge is 0.278 e. The number of nitrogens with one attached hydrogen (secondary N) is 2. The minimum atomic E-state index is -3.58. The molecular formula is C13H16N4O2S. The second-order valence-electron chi connectivity index (χ2n) is 4.77. The highest BCUT2D eigenvalue weighted by molar-refractivity contribution is 7.92. The lowest BCUT2D eigenvalue weighted by Crippen LogP contribution is -2.17. The summed E-state index contributed by atoms with van der Waals surface area (Å²) >= 11 is 0. The summed E-state index contributed by atoms with van der Waals surface area (Å²) in [5, 5.41) is 6.15. The van der Waals surface area contributed by atoms with Crippen LogP contribution in [0.3, 0.4) is 0 Å². The molecule has 0 aliphatic carbocycles. The van der Waals surface area contributed by atoms with Gasteiger partial charge in [0, 0.05) is 24.5 Å². The highest BCUT2D eigenvalue weighted by atomic mass is 32.2. The van der Waals surface area contributed by atoms with Gasteiger partial charge in [-0.15, -0.1) is 0 Å². The van der Waals surface area contributed by atoms with Crippen LogP contribution in [0.25, 0.3) is 0 Å². The summed E-state index contributed by atoms with van der Waals surface area (Å²) in [6, 6.07) is 8.86. The molecule has 0 spiro atoms. The summed E-state index contributed by atoms with van der Waals surface area (Å²) in [7, 11) is -3.58. The molecule has 2 aromatic rings. The third-order valence-electron chi connectivity index (χ3n) is 3.36. The van der Waals surface area contributed by atoms with Crippen LogP contribution in [0.15, 0.2) is 41.6 Å². The quantitative estimate of drug-likeness (QED) is 0.901. The van der Waals surface area contributed by atoms with E-state index in [2.05, 4.69) is 19.8 Å². The Balaban J connectivity index is 1.75. The number of nitrogens with zero attached hydrogens (tertiary/aromatic N) is 2. The first-order chi connectivity index (χ1) is 9.65. The molecule has 0 radical (unpaired) electrons. The molecule has 6 nitrogen and oxygen atoms in total. The predicted octanol–water partition coefficient (Wildman–Crippen LogP) is 1.81. The van der Waals surface area contributed by atoms with Crippen molar-refractivity contribution < 1.29 is 8.42 Å². The number of hydrogen-bond acceptors (Lipinski definition) is 4. The number of aromatic nitrogens is 2. The Morgan fingerprint density at radius 1 is 1.10 bits per heavy atom. The summed E-state index contributed by atoms with van der Waals surface area (Å²) in [6.07, 6.45) is 3.84. The highest BCUT2D eigenvalue weighted by Crippen LogP contribution is 2.23. The van der Waals surface area contributed by atoms with E-state index in [-0.39, 0.29) is 5.03 Å². The van der Waals surface area contributed by atoms with Crippen LogP contribution in [0.4, 0.5) is 11.4 Å². The molecule has 0 amide bonds. The molecule has 7 heteroatoms. The summed E-state index contributed by atoms with van der Waals surface area (Å²) < 4.78 is 26.5. The van der Waals surface area contributed by atoms with Crippen molar-refractivity contribution in [1.82, 2.24) is 10.2 Å². The number of hydrogen-bond donors (Lipinski definition) is 2.